The van der Waals surface area contributed by atoms with E-state index in [0.717, 1.165) is 38.0 Å². The van der Waals surface area contributed by atoms with Gasteiger partial charge in [-0.25, -0.2) is 13.1 Å². The maximum Gasteiger partial charge on any atom is 0.289 e. The Balaban J connectivity index is 1.80. The van der Waals surface area contributed by atoms with Gasteiger partial charge in [-0.1, -0.05) is 29.3 Å². The van der Waals surface area contributed by atoms with Gasteiger partial charge in [0.15, 0.2) is 5.76 Å². The number of nitrogens with zero attached hydrogens (tertiary/aromatic N) is 2. The highest BCUT2D eigenvalue weighted by Crippen LogP contribution is 2.24. The Kier molecular flexibility index (Phi) is 7.23. The van der Waals surface area contributed by atoms with Crippen LogP contribution in [-0.4, -0.2) is 57.4 Å². The Hall–Kier alpha value is -1.58. The zero-order valence-corrected chi connectivity index (χ0v) is 18.4. The lowest BCUT2D eigenvalue weighted by molar-refractivity contribution is 0.0689. The van der Waals surface area contributed by atoms with Crippen molar-refractivity contribution in [3.05, 3.63) is 51.7 Å². The van der Waals surface area contributed by atoms with Crippen LogP contribution in [-0.2, 0) is 16.6 Å². The van der Waals surface area contributed by atoms with Crippen molar-refractivity contribution in [1.29, 1.82) is 0 Å². The second kappa shape index (κ2) is 9.49. The third kappa shape index (κ3) is 5.52. The zero-order valence-electron chi connectivity index (χ0n) is 16.0. The highest BCUT2D eigenvalue weighted by molar-refractivity contribution is 7.89. The Bertz CT molecular complexity index is 972. The first-order valence-corrected chi connectivity index (χ1v) is 11.5. The second-order valence-corrected chi connectivity index (χ2v) is 9.48. The largest absolute Gasteiger partial charge is 0.438 e. The van der Waals surface area contributed by atoms with Crippen LogP contribution in [0.4, 0.5) is 0 Å². The van der Waals surface area contributed by atoms with Crippen molar-refractivity contribution < 1.29 is 17.6 Å². The molecule has 1 aromatic heterocycles. The fourth-order valence-electron chi connectivity index (χ4n) is 3.22. The number of rotatable bonds is 8. The molecule has 1 aliphatic heterocycles. The van der Waals surface area contributed by atoms with Gasteiger partial charge in [-0.3, -0.25) is 4.79 Å². The molecule has 0 saturated carbocycles. The topological polar surface area (TPSA) is 82.9 Å². The number of furan rings is 1. The summed E-state index contributed by atoms with van der Waals surface area (Å²) in [6, 6.07) is 7.87. The molecule has 2 heterocycles. The van der Waals surface area contributed by atoms with Gasteiger partial charge in [0.2, 0.25) is 5.09 Å². The molecule has 10 heteroatoms. The summed E-state index contributed by atoms with van der Waals surface area (Å²) in [7, 11) is -2.48. The Morgan fingerprint density at radius 1 is 1.17 bits per heavy atom. The van der Waals surface area contributed by atoms with Gasteiger partial charge in [-0.05, 0) is 62.8 Å². The van der Waals surface area contributed by atoms with E-state index in [-0.39, 0.29) is 16.8 Å². The van der Waals surface area contributed by atoms with Gasteiger partial charge in [0.25, 0.3) is 15.9 Å². The van der Waals surface area contributed by atoms with E-state index in [4.69, 9.17) is 27.6 Å². The molecule has 0 bridgehead atoms. The van der Waals surface area contributed by atoms with E-state index in [2.05, 4.69) is 9.62 Å². The van der Waals surface area contributed by atoms with Crippen LogP contribution >= 0.6 is 23.2 Å². The van der Waals surface area contributed by atoms with Crippen molar-refractivity contribution in [2.45, 2.75) is 24.5 Å². The predicted octanol–water partition coefficient (Wildman–Crippen LogP) is 3.23. The number of likely N-dealkylation sites (tertiary alicyclic amines) is 1. The third-order valence-electron chi connectivity index (χ3n) is 4.86. The lowest BCUT2D eigenvalue weighted by atomic mass is 10.2. The predicted molar refractivity (Wildman–Crippen MR) is 112 cm³/mol. The third-order valence-corrected chi connectivity index (χ3v) is 6.88. The molecular weight excluding hydrogens is 437 g/mol. The van der Waals surface area contributed by atoms with E-state index >= 15 is 0 Å². The van der Waals surface area contributed by atoms with E-state index in [9.17, 15) is 13.2 Å². The smallest absolute Gasteiger partial charge is 0.289 e. The van der Waals surface area contributed by atoms with Crippen molar-refractivity contribution in [2.24, 2.45) is 0 Å². The van der Waals surface area contributed by atoms with Crippen LogP contribution in [0.25, 0.3) is 0 Å². The minimum atomic E-state index is -3.76. The molecular formula is C19H23Cl2N3O4S. The summed E-state index contributed by atoms with van der Waals surface area (Å²) in [6.07, 6.45) is 2.31. The van der Waals surface area contributed by atoms with E-state index in [1.54, 1.807) is 17.0 Å². The fourth-order valence-corrected chi connectivity index (χ4v) is 4.18. The first-order valence-electron chi connectivity index (χ1n) is 9.29. The molecule has 1 saturated heterocycles. The van der Waals surface area contributed by atoms with Crippen LogP contribution in [0.1, 0.15) is 29.0 Å². The number of nitrogens with one attached hydrogen (secondary N) is 1. The summed E-state index contributed by atoms with van der Waals surface area (Å²) in [5, 5.41) is 0.562. The molecule has 29 heavy (non-hydrogen) atoms. The Morgan fingerprint density at radius 3 is 2.55 bits per heavy atom. The van der Waals surface area contributed by atoms with Crippen molar-refractivity contribution in [1.82, 2.24) is 14.5 Å². The summed E-state index contributed by atoms with van der Waals surface area (Å²) in [5.74, 6) is -0.409. The quantitative estimate of drug-likeness (QED) is 0.654. The second-order valence-electron chi connectivity index (χ2n) is 6.85. The zero-order chi connectivity index (χ0) is 21.0. The van der Waals surface area contributed by atoms with Gasteiger partial charge in [0, 0.05) is 19.6 Å². The van der Waals surface area contributed by atoms with Crippen molar-refractivity contribution in [2.75, 3.05) is 33.2 Å². The molecule has 0 spiro atoms. The molecule has 0 radical (unpaired) electrons. The number of halogens is 2. The van der Waals surface area contributed by atoms with Crippen LogP contribution in [0, 0.1) is 0 Å². The summed E-state index contributed by atoms with van der Waals surface area (Å²) >= 11 is 12.1. The summed E-state index contributed by atoms with van der Waals surface area (Å²) in [4.78, 5) is 17.0. The molecule has 0 aliphatic carbocycles. The first-order chi connectivity index (χ1) is 13.8. The molecule has 158 valence electrons. The number of sulfonamides is 1. The molecule has 1 aromatic carbocycles. The Labute approximate surface area is 180 Å². The molecule has 1 aliphatic rings. The monoisotopic (exact) mass is 459 g/mol. The lowest BCUT2D eigenvalue weighted by Crippen LogP contribution is -2.37. The summed E-state index contributed by atoms with van der Waals surface area (Å²) in [6.45, 7) is 3.54. The van der Waals surface area contributed by atoms with Gasteiger partial charge in [0.05, 0.1) is 10.0 Å². The molecule has 1 fully saturated rings. The number of carbonyl (C=O) groups is 1. The molecule has 7 nitrogen and oxygen atoms in total. The van der Waals surface area contributed by atoms with Crippen LogP contribution in [0.15, 0.2) is 39.8 Å². The van der Waals surface area contributed by atoms with Crippen LogP contribution in [0.3, 0.4) is 0 Å². The van der Waals surface area contributed by atoms with E-state index < -0.39 is 10.0 Å². The lowest BCUT2D eigenvalue weighted by Gasteiger charge is -2.25. The van der Waals surface area contributed by atoms with Gasteiger partial charge in [0.1, 0.15) is 0 Å². The molecule has 1 N–H and O–H groups in total. The van der Waals surface area contributed by atoms with Gasteiger partial charge in [-0.15, -0.1) is 0 Å². The highest BCUT2D eigenvalue weighted by Gasteiger charge is 2.24. The molecule has 2 aromatic rings. The van der Waals surface area contributed by atoms with Crippen molar-refractivity contribution in [3.8, 4) is 0 Å². The van der Waals surface area contributed by atoms with Crippen molar-refractivity contribution in [3.63, 3.8) is 0 Å². The highest BCUT2D eigenvalue weighted by atomic mass is 35.5. The molecule has 0 unspecified atom stereocenters. The van der Waals surface area contributed by atoms with Crippen LogP contribution in [0.2, 0.25) is 10.0 Å². The minimum Gasteiger partial charge on any atom is -0.438 e. The van der Waals surface area contributed by atoms with Gasteiger partial charge >= 0.3 is 0 Å². The standard InChI is InChI=1S/C19H23Cl2N3O4S/c1-22-29(26,27)18-7-6-17(28-18)19(25)24(11-10-23-8-2-3-9-23)13-14-4-5-15(20)16(21)12-14/h4-7,12,22H,2-3,8-11,13H2,1H3. The average Bonchev–Trinajstić information content (AvgIpc) is 3.39. The van der Waals surface area contributed by atoms with Crippen LogP contribution in [0.5, 0.6) is 0 Å². The first kappa shape index (κ1) is 22.1. The number of carbonyl (C=O) groups excluding carboxylic acids is 1. The summed E-state index contributed by atoms with van der Waals surface area (Å²) in [5.41, 5.74) is 0.823. The number of benzene rings is 1. The van der Waals surface area contributed by atoms with E-state index in [1.165, 1.54) is 19.2 Å². The van der Waals surface area contributed by atoms with Crippen molar-refractivity contribution >= 4 is 39.1 Å². The van der Waals surface area contributed by atoms with Gasteiger partial charge < -0.3 is 14.2 Å². The SMILES string of the molecule is CNS(=O)(=O)c1ccc(C(=O)N(CCN2CCCC2)Cc2ccc(Cl)c(Cl)c2)o1. The molecule has 0 atom stereocenters. The normalized spacial score (nSPS) is 15.0. The Morgan fingerprint density at radius 2 is 1.90 bits per heavy atom. The fraction of sp³-hybridized carbons (Fsp3) is 0.421. The number of hydrogen-bond donors (Lipinski definition) is 1. The average molecular weight is 460 g/mol. The van der Waals surface area contributed by atoms with Gasteiger partial charge in [-0.2, -0.15) is 0 Å². The van der Waals surface area contributed by atoms with E-state index in [0.29, 0.717) is 23.1 Å². The molecule has 1 amide bonds. The summed E-state index contributed by atoms with van der Waals surface area (Å²) < 4.78 is 31.3. The van der Waals surface area contributed by atoms with E-state index in [1.807, 2.05) is 6.07 Å². The maximum atomic E-state index is 13.1. The molecule has 3 rings (SSSR count). The van der Waals surface area contributed by atoms with Crippen LogP contribution < -0.4 is 4.72 Å². The minimum absolute atomic E-state index is 0.0275. The number of amides is 1. The number of hydrogen-bond acceptors (Lipinski definition) is 5. The maximum absolute atomic E-state index is 13.1.